The Balaban J connectivity index is 1.15. The standard InChI is InChI=1S/C35H36N6O3/c1-25(42)26-9-10-28-20-29(12-11-27(28)19-26)39-22-35(43)40-30-13-14-33(34(21-30)44-2)38-17-18-41(23-31-7-3-5-15-36-31)24-32-8-4-6-16-37-32/h3-16,19-21,38-39H,17-18,22-24H2,1-2H3,(H,40,43). The number of fused-ring (bicyclic) bond motifs is 1. The Morgan fingerprint density at radius 2 is 1.45 bits per heavy atom. The van der Waals surface area contributed by atoms with Crippen LogP contribution in [0.4, 0.5) is 17.1 Å². The van der Waals surface area contributed by atoms with E-state index in [-0.39, 0.29) is 18.2 Å². The lowest BCUT2D eigenvalue weighted by Gasteiger charge is -2.22. The molecular weight excluding hydrogens is 552 g/mol. The van der Waals surface area contributed by atoms with Gasteiger partial charge in [0.05, 0.1) is 30.7 Å². The molecule has 0 spiro atoms. The average Bonchev–Trinajstić information content (AvgIpc) is 3.05. The highest BCUT2D eigenvalue weighted by Gasteiger charge is 2.11. The molecular formula is C35H36N6O3. The summed E-state index contributed by atoms with van der Waals surface area (Å²) in [7, 11) is 1.61. The number of nitrogens with one attached hydrogen (secondary N) is 3. The Hall–Kier alpha value is -5.28. The van der Waals surface area contributed by atoms with Crippen molar-refractivity contribution < 1.29 is 14.3 Å². The van der Waals surface area contributed by atoms with E-state index in [9.17, 15) is 9.59 Å². The molecule has 0 saturated heterocycles. The molecule has 5 aromatic rings. The third kappa shape index (κ3) is 8.39. The number of amides is 1. The van der Waals surface area contributed by atoms with E-state index < -0.39 is 0 Å². The Morgan fingerprint density at radius 3 is 2.11 bits per heavy atom. The van der Waals surface area contributed by atoms with E-state index in [4.69, 9.17) is 4.74 Å². The normalized spacial score (nSPS) is 10.9. The minimum atomic E-state index is -0.181. The Bertz CT molecular complexity index is 1670. The van der Waals surface area contributed by atoms with Crippen molar-refractivity contribution in [2.45, 2.75) is 20.0 Å². The monoisotopic (exact) mass is 588 g/mol. The van der Waals surface area contributed by atoms with Crippen LogP contribution in [0.2, 0.25) is 0 Å². The summed E-state index contributed by atoms with van der Waals surface area (Å²) >= 11 is 0. The number of carbonyl (C=O) groups is 2. The van der Waals surface area contributed by atoms with Crippen molar-refractivity contribution in [3.8, 4) is 5.75 Å². The van der Waals surface area contributed by atoms with Crippen LogP contribution in [-0.2, 0) is 17.9 Å². The number of hydrogen-bond acceptors (Lipinski definition) is 8. The molecule has 224 valence electrons. The van der Waals surface area contributed by atoms with E-state index in [0.717, 1.165) is 40.1 Å². The summed E-state index contributed by atoms with van der Waals surface area (Å²) in [5.74, 6) is 0.488. The van der Waals surface area contributed by atoms with Gasteiger partial charge in [0.1, 0.15) is 5.75 Å². The Kier molecular flexibility index (Phi) is 10.1. The molecule has 1 amide bonds. The number of nitrogens with zero attached hydrogens (tertiary/aromatic N) is 3. The van der Waals surface area contributed by atoms with Crippen LogP contribution in [0.1, 0.15) is 28.7 Å². The van der Waals surface area contributed by atoms with Crippen molar-refractivity contribution in [1.82, 2.24) is 14.9 Å². The highest BCUT2D eigenvalue weighted by molar-refractivity contribution is 5.99. The number of rotatable bonds is 14. The molecule has 2 heterocycles. The van der Waals surface area contributed by atoms with Gasteiger partial charge in [-0.3, -0.25) is 24.5 Å². The largest absolute Gasteiger partial charge is 0.495 e. The fourth-order valence-corrected chi connectivity index (χ4v) is 4.88. The minimum absolute atomic E-state index is 0.0334. The van der Waals surface area contributed by atoms with Gasteiger partial charge in [-0.05, 0) is 72.3 Å². The maximum absolute atomic E-state index is 12.7. The SMILES string of the molecule is COc1cc(NC(=O)CNc2ccc3cc(C(C)=O)ccc3c2)ccc1NCCN(Cc1ccccn1)Cc1ccccn1. The smallest absolute Gasteiger partial charge is 0.243 e. The predicted octanol–water partition coefficient (Wildman–Crippen LogP) is 6.01. The number of methoxy groups -OCH3 is 1. The van der Waals surface area contributed by atoms with Crippen LogP contribution in [0.5, 0.6) is 5.75 Å². The van der Waals surface area contributed by atoms with Gasteiger partial charge in [0.2, 0.25) is 5.91 Å². The number of aromatic nitrogens is 2. The maximum atomic E-state index is 12.7. The average molecular weight is 589 g/mol. The first-order chi connectivity index (χ1) is 21.5. The van der Waals surface area contributed by atoms with Crippen molar-refractivity contribution in [3.05, 3.63) is 120 Å². The minimum Gasteiger partial charge on any atom is -0.495 e. The molecule has 5 rings (SSSR count). The molecule has 2 aromatic heterocycles. The van der Waals surface area contributed by atoms with Crippen LogP contribution >= 0.6 is 0 Å². The lowest BCUT2D eigenvalue weighted by Crippen LogP contribution is -2.29. The van der Waals surface area contributed by atoms with Crippen LogP contribution in [-0.4, -0.2) is 53.3 Å². The zero-order chi connectivity index (χ0) is 30.7. The van der Waals surface area contributed by atoms with Crippen LogP contribution < -0.4 is 20.7 Å². The van der Waals surface area contributed by atoms with Crippen molar-refractivity contribution in [2.24, 2.45) is 0 Å². The van der Waals surface area contributed by atoms with Gasteiger partial charge in [-0.25, -0.2) is 0 Å². The summed E-state index contributed by atoms with van der Waals surface area (Å²) in [5.41, 5.74) is 4.97. The first-order valence-electron chi connectivity index (χ1n) is 14.5. The quantitative estimate of drug-likeness (QED) is 0.136. The molecule has 44 heavy (non-hydrogen) atoms. The van der Waals surface area contributed by atoms with Crippen LogP contribution in [0.3, 0.4) is 0 Å². The van der Waals surface area contributed by atoms with E-state index in [0.29, 0.717) is 36.6 Å². The first-order valence-corrected chi connectivity index (χ1v) is 14.5. The van der Waals surface area contributed by atoms with Gasteiger partial charge in [0.25, 0.3) is 0 Å². The number of hydrogen-bond donors (Lipinski definition) is 3. The van der Waals surface area contributed by atoms with Crippen molar-refractivity contribution in [3.63, 3.8) is 0 Å². The number of pyridine rings is 2. The number of Topliss-reactive ketones (excluding diaryl/α,β-unsaturated/α-hetero) is 1. The molecule has 0 atom stereocenters. The highest BCUT2D eigenvalue weighted by Crippen LogP contribution is 2.28. The summed E-state index contributed by atoms with van der Waals surface area (Å²) in [5, 5.41) is 11.5. The predicted molar refractivity (Wildman–Crippen MR) is 175 cm³/mol. The van der Waals surface area contributed by atoms with Crippen LogP contribution in [0.15, 0.2) is 103 Å². The van der Waals surface area contributed by atoms with Gasteiger partial charge in [-0.15, -0.1) is 0 Å². The molecule has 9 nitrogen and oxygen atoms in total. The van der Waals surface area contributed by atoms with E-state index in [1.165, 1.54) is 0 Å². The van der Waals surface area contributed by atoms with Gasteiger partial charge in [0.15, 0.2) is 5.78 Å². The molecule has 9 heteroatoms. The summed E-state index contributed by atoms with van der Waals surface area (Å²) in [6, 6.07) is 28.9. The van der Waals surface area contributed by atoms with Gasteiger partial charge < -0.3 is 20.7 Å². The second-order valence-corrected chi connectivity index (χ2v) is 10.4. The maximum Gasteiger partial charge on any atom is 0.243 e. The van der Waals surface area contributed by atoms with Crippen molar-refractivity contribution in [2.75, 3.05) is 42.7 Å². The van der Waals surface area contributed by atoms with Gasteiger partial charge in [-0.1, -0.05) is 30.3 Å². The fraction of sp³-hybridized carbons (Fsp3) is 0.200. The summed E-state index contributed by atoms with van der Waals surface area (Å²) in [4.78, 5) is 35.6. The third-order valence-corrected chi connectivity index (χ3v) is 7.15. The molecule has 0 aliphatic heterocycles. The zero-order valence-electron chi connectivity index (χ0n) is 24.9. The summed E-state index contributed by atoms with van der Waals surface area (Å²) in [6.45, 7) is 4.49. The molecule has 0 fully saturated rings. The molecule has 3 aromatic carbocycles. The second kappa shape index (κ2) is 14.8. The summed E-state index contributed by atoms with van der Waals surface area (Å²) in [6.07, 6.45) is 3.62. The molecule has 0 unspecified atom stereocenters. The molecule has 0 aliphatic rings. The van der Waals surface area contributed by atoms with E-state index in [2.05, 4.69) is 30.8 Å². The van der Waals surface area contributed by atoms with E-state index in [1.54, 1.807) is 14.0 Å². The molecule has 0 radical (unpaired) electrons. The summed E-state index contributed by atoms with van der Waals surface area (Å²) < 4.78 is 5.63. The number of ketones is 1. The van der Waals surface area contributed by atoms with Gasteiger partial charge >= 0.3 is 0 Å². The molecule has 0 saturated carbocycles. The number of carbonyl (C=O) groups excluding carboxylic acids is 2. The van der Waals surface area contributed by atoms with E-state index in [1.807, 2.05) is 103 Å². The Morgan fingerprint density at radius 1 is 0.773 bits per heavy atom. The highest BCUT2D eigenvalue weighted by atomic mass is 16.5. The molecule has 0 bridgehead atoms. The molecule has 3 N–H and O–H groups in total. The van der Waals surface area contributed by atoms with E-state index >= 15 is 0 Å². The van der Waals surface area contributed by atoms with Crippen LogP contribution in [0.25, 0.3) is 10.8 Å². The lowest BCUT2D eigenvalue weighted by molar-refractivity contribution is -0.114. The van der Waals surface area contributed by atoms with Gasteiger partial charge in [-0.2, -0.15) is 0 Å². The van der Waals surface area contributed by atoms with Crippen molar-refractivity contribution >= 4 is 39.5 Å². The topological polar surface area (TPSA) is 108 Å². The fourth-order valence-electron chi connectivity index (χ4n) is 4.88. The Labute approximate surface area is 257 Å². The number of benzene rings is 3. The van der Waals surface area contributed by atoms with Gasteiger partial charge in [0, 0.05) is 61.6 Å². The van der Waals surface area contributed by atoms with Crippen molar-refractivity contribution in [1.29, 1.82) is 0 Å². The van der Waals surface area contributed by atoms with Crippen LogP contribution in [0, 0.1) is 0 Å². The zero-order valence-corrected chi connectivity index (χ0v) is 24.9. The lowest BCUT2D eigenvalue weighted by atomic mass is 10.0. The number of ether oxygens (including phenoxy) is 1. The number of anilines is 3. The molecule has 0 aliphatic carbocycles. The second-order valence-electron chi connectivity index (χ2n) is 10.4. The third-order valence-electron chi connectivity index (χ3n) is 7.15. The first kappa shape index (κ1) is 30.2.